The Morgan fingerprint density at radius 1 is 1.57 bits per heavy atom. The Morgan fingerprint density at radius 2 is 2.36 bits per heavy atom. The van der Waals surface area contributed by atoms with Crippen LogP contribution in [-0.4, -0.2) is 12.5 Å². The lowest BCUT2D eigenvalue weighted by Crippen LogP contribution is -2.26. The van der Waals surface area contributed by atoms with Gasteiger partial charge in [-0.1, -0.05) is 24.2 Å². The molecule has 0 saturated carbocycles. The second kappa shape index (κ2) is 3.46. The van der Waals surface area contributed by atoms with E-state index in [1.807, 2.05) is 18.2 Å². The number of anilines is 1. The summed E-state index contributed by atoms with van der Waals surface area (Å²) >= 11 is 6.02. The van der Waals surface area contributed by atoms with E-state index in [9.17, 15) is 4.79 Å². The fraction of sp³-hybridized carbons (Fsp3) is 0.182. The fourth-order valence-electron chi connectivity index (χ4n) is 1.73. The van der Waals surface area contributed by atoms with Gasteiger partial charge in [-0.15, -0.1) is 0 Å². The zero-order chi connectivity index (χ0) is 10.1. The number of rotatable bonds is 1. The van der Waals surface area contributed by atoms with E-state index < -0.39 is 0 Å². The van der Waals surface area contributed by atoms with Crippen molar-refractivity contribution in [3.8, 4) is 0 Å². The molecule has 1 aliphatic rings. The molecule has 0 atom stereocenters. The minimum Gasteiger partial charge on any atom is -0.308 e. The molecule has 0 aliphatic carbocycles. The van der Waals surface area contributed by atoms with Gasteiger partial charge in [0.05, 0.1) is 0 Å². The average Bonchev–Trinajstić information content (AvgIpc) is 2.62. The number of carbonyl (C=O) groups is 1. The van der Waals surface area contributed by atoms with Crippen LogP contribution in [0.5, 0.6) is 0 Å². The summed E-state index contributed by atoms with van der Waals surface area (Å²) in [5.41, 5.74) is 1.98. The van der Waals surface area contributed by atoms with Crippen molar-refractivity contribution in [2.45, 2.75) is 6.42 Å². The molecule has 1 heterocycles. The van der Waals surface area contributed by atoms with Gasteiger partial charge in [0, 0.05) is 17.3 Å². The van der Waals surface area contributed by atoms with Crippen molar-refractivity contribution >= 4 is 23.2 Å². The predicted molar refractivity (Wildman–Crippen MR) is 57.7 cm³/mol. The largest absolute Gasteiger partial charge is 0.308 e. The number of amides is 1. The van der Waals surface area contributed by atoms with Crippen molar-refractivity contribution in [1.29, 1.82) is 0 Å². The number of fused-ring (bicyclic) bond motifs is 1. The Kier molecular flexibility index (Phi) is 2.30. The van der Waals surface area contributed by atoms with Crippen LogP contribution in [0.4, 0.5) is 5.69 Å². The van der Waals surface area contributed by atoms with E-state index >= 15 is 0 Å². The van der Waals surface area contributed by atoms with Crippen LogP contribution in [0.2, 0.25) is 5.02 Å². The molecule has 2 nitrogen and oxygen atoms in total. The third-order valence-electron chi connectivity index (χ3n) is 2.41. The van der Waals surface area contributed by atoms with Gasteiger partial charge in [-0.25, -0.2) is 0 Å². The Balaban J connectivity index is 2.44. The van der Waals surface area contributed by atoms with Crippen LogP contribution in [0.15, 0.2) is 30.9 Å². The third kappa shape index (κ3) is 1.32. The molecule has 0 N–H and O–H groups in total. The van der Waals surface area contributed by atoms with Crippen LogP contribution in [0.3, 0.4) is 0 Å². The van der Waals surface area contributed by atoms with E-state index in [0.717, 1.165) is 22.7 Å². The van der Waals surface area contributed by atoms with Gasteiger partial charge >= 0.3 is 0 Å². The number of hydrogen-bond donors (Lipinski definition) is 0. The fourth-order valence-corrected chi connectivity index (χ4v) is 1.99. The van der Waals surface area contributed by atoms with Crippen molar-refractivity contribution < 1.29 is 4.79 Å². The number of benzene rings is 1. The molecular weight excluding hydrogens is 198 g/mol. The highest BCUT2D eigenvalue weighted by atomic mass is 35.5. The summed E-state index contributed by atoms with van der Waals surface area (Å²) in [6.45, 7) is 4.17. The van der Waals surface area contributed by atoms with E-state index in [-0.39, 0.29) is 5.91 Å². The molecule has 0 unspecified atom stereocenters. The van der Waals surface area contributed by atoms with Crippen LogP contribution in [0, 0.1) is 0 Å². The Morgan fingerprint density at radius 3 is 3.07 bits per heavy atom. The molecule has 1 aromatic rings. The van der Waals surface area contributed by atoms with Gasteiger partial charge < -0.3 is 4.90 Å². The minimum atomic E-state index is -0.0639. The summed E-state index contributed by atoms with van der Waals surface area (Å²) in [5.74, 6) is -0.0639. The smallest absolute Gasteiger partial charge is 0.250 e. The Bertz CT molecular complexity index is 400. The second-order valence-electron chi connectivity index (χ2n) is 3.18. The molecule has 0 saturated heterocycles. The van der Waals surface area contributed by atoms with Gasteiger partial charge in [0.2, 0.25) is 5.91 Å². The van der Waals surface area contributed by atoms with Crippen molar-refractivity contribution in [3.63, 3.8) is 0 Å². The number of hydrogen-bond acceptors (Lipinski definition) is 1. The van der Waals surface area contributed by atoms with Crippen molar-refractivity contribution in [1.82, 2.24) is 0 Å². The molecule has 0 fully saturated rings. The van der Waals surface area contributed by atoms with Gasteiger partial charge in [0.1, 0.15) is 0 Å². The monoisotopic (exact) mass is 207 g/mol. The molecule has 14 heavy (non-hydrogen) atoms. The molecule has 2 rings (SSSR count). The Labute approximate surface area is 87.8 Å². The molecule has 0 radical (unpaired) electrons. The van der Waals surface area contributed by atoms with Crippen molar-refractivity contribution in [2.75, 3.05) is 11.4 Å². The van der Waals surface area contributed by atoms with Crippen LogP contribution in [0.1, 0.15) is 5.56 Å². The summed E-state index contributed by atoms with van der Waals surface area (Å²) in [6, 6.07) is 5.62. The Hall–Kier alpha value is -1.28. The average molecular weight is 208 g/mol. The van der Waals surface area contributed by atoms with E-state index in [0.29, 0.717) is 6.54 Å². The first kappa shape index (κ1) is 9.28. The molecule has 0 bridgehead atoms. The topological polar surface area (TPSA) is 20.3 Å². The van der Waals surface area contributed by atoms with E-state index in [4.69, 9.17) is 11.6 Å². The van der Waals surface area contributed by atoms with E-state index in [1.165, 1.54) is 6.08 Å². The standard InChI is InChI=1S/C11H10ClNO/c1-2-11(14)13-7-6-8-9(12)4-3-5-10(8)13/h2-5H,1,6-7H2. The molecule has 0 spiro atoms. The lowest BCUT2D eigenvalue weighted by atomic mass is 10.2. The molecular formula is C11H10ClNO. The predicted octanol–water partition coefficient (Wildman–Crippen LogP) is 2.42. The first-order valence-corrected chi connectivity index (χ1v) is 4.83. The van der Waals surface area contributed by atoms with Gasteiger partial charge in [-0.2, -0.15) is 0 Å². The summed E-state index contributed by atoms with van der Waals surface area (Å²) in [6.07, 6.45) is 2.16. The molecule has 1 amide bonds. The summed E-state index contributed by atoms with van der Waals surface area (Å²) < 4.78 is 0. The van der Waals surface area contributed by atoms with Crippen molar-refractivity contribution in [3.05, 3.63) is 41.4 Å². The van der Waals surface area contributed by atoms with Gasteiger partial charge in [0.15, 0.2) is 0 Å². The summed E-state index contributed by atoms with van der Waals surface area (Å²) in [5, 5.41) is 0.738. The highest BCUT2D eigenvalue weighted by Crippen LogP contribution is 2.33. The second-order valence-corrected chi connectivity index (χ2v) is 3.59. The number of carbonyl (C=O) groups excluding carboxylic acids is 1. The van der Waals surface area contributed by atoms with Gasteiger partial charge in [-0.3, -0.25) is 4.79 Å². The maximum atomic E-state index is 11.5. The van der Waals surface area contributed by atoms with Crippen molar-refractivity contribution in [2.24, 2.45) is 0 Å². The molecule has 72 valence electrons. The zero-order valence-corrected chi connectivity index (χ0v) is 8.42. The van der Waals surface area contributed by atoms with Crippen LogP contribution >= 0.6 is 11.6 Å². The molecule has 1 aromatic carbocycles. The molecule has 0 aromatic heterocycles. The lowest BCUT2D eigenvalue weighted by Gasteiger charge is -2.14. The van der Waals surface area contributed by atoms with E-state index in [2.05, 4.69) is 6.58 Å². The van der Waals surface area contributed by atoms with Gasteiger partial charge in [-0.05, 0) is 30.2 Å². The third-order valence-corrected chi connectivity index (χ3v) is 2.77. The first-order chi connectivity index (χ1) is 6.74. The highest BCUT2D eigenvalue weighted by Gasteiger charge is 2.24. The zero-order valence-electron chi connectivity index (χ0n) is 7.66. The SMILES string of the molecule is C=CC(=O)N1CCc2c(Cl)cccc21. The summed E-state index contributed by atoms with van der Waals surface area (Å²) in [4.78, 5) is 13.2. The van der Waals surface area contributed by atoms with Crippen LogP contribution < -0.4 is 4.90 Å². The number of halogens is 1. The lowest BCUT2D eigenvalue weighted by molar-refractivity contribution is -0.114. The normalized spacial score (nSPS) is 13.9. The maximum Gasteiger partial charge on any atom is 0.250 e. The molecule has 1 aliphatic heterocycles. The minimum absolute atomic E-state index is 0.0639. The molecule has 3 heteroatoms. The summed E-state index contributed by atoms with van der Waals surface area (Å²) in [7, 11) is 0. The van der Waals surface area contributed by atoms with Gasteiger partial charge in [0.25, 0.3) is 0 Å². The quantitative estimate of drug-likeness (QED) is 0.648. The van der Waals surface area contributed by atoms with Crippen LogP contribution in [0.25, 0.3) is 0 Å². The van der Waals surface area contributed by atoms with Crippen LogP contribution in [-0.2, 0) is 11.2 Å². The first-order valence-electron chi connectivity index (χ1n) is 4.45. The number of nitrogens with zero attached hydrogens (tertiary/aromatic N) is 1. The maximum absolute atomic E-state index is 11.5. The highest BCUT2D eigenvalue weighted by molar-refractivity contribution is 6.32. The van der Waals surface area contributed by atoms with E-state index in [1.54, 1.807) is 4.90 Å².